The number of rotatable bonds is 8. The van der Waals surface area contributed by atoms with Gasteiger partial charge in [-0.3, -0.25) is 0 Å². The predicted octanol–water partition coefficient (Wildman–Crippen LogP) is 4.28. The van der Waals surface area contributed by atoms with Crippen LogP contribution in [-0.2, 0) is 10.1 Å². The summed E-state index contributed by atoms with van der Waals surface area (Å²) in [5.74, 6) is -0.0161. The molecule has 0 radical (unpaired) electrons. The van der Waals surface area contributed by atoms with Gasteiger partial charge in [-0.25, -0.2) is 0 Å². The standard InChI is InChI=1S/C23H26O6S/c1-15-9-11-19(12-10-15)30(26,27)29-21-13-20(22(25)23(28-5)18(21)4)17(3)8-6-7-16(2)14-24/h6,9-13,24-25H,3,8,14H2,1-2,4-5H3. The number of hydrogen-bond donors (Lipinski definition) is 2. The molecule has 30 heavy (non-hydrogen) atoms. The Morgan fingerprint density at radius 3 is 2.43 bits per heavy atom. The van der Waals surface area contributed by atoms with E-state index in [-0.39, 0.29) is 28.8 Å². The van der Waals surface area contributed by atoms with Crippen molar-refractivity contribution in [3.05, 3.63) is 71.0 Å². The normalized spacial score (nSPS) is 10.8. The van der Waals surface area contributed by atoms with Crippen LogP contribution in [0.25, 0.3) is 5.57 Å². The van der Waals surface area contributed by atoms with Crippen molar-refractivity contribution in [1.29, 1.82) is 0 Å². The van der Waals surface area contributed by atoms with E-state index in [1.165, 1.54) is 25.3 Å². The van der Waals surface area contributed by atoms with Crippen LogP contribution >= 0.6 is 0 Å². The van der Waals surface area contributed by atoms with Gasteiger partial charge in [0.15, 0.2) is 11.5 Å². The molecule has 6 nitrogen and oxygen atoms in total. The Labute approximate surface area is 177 Å². The van der Waals surface area contributed by atoms with E-state index >= 15 is 0 Å². The van der Waals surface area contributed by atoms with Crippen LogP contribution in [0.1, 0.15) is 30.0 Å². The number of phenols is 1. The molecule has 0 amide bonds. The fourth-order valence-electron chi connectivity index (χ4n) is 2.70. The zero-order valence-corrected chi connectivity index (χ0v) is 18.3. The summed E-state index contributed by atoms with van der Waals surface area (Å²) in [4.78, 5) is 0.0208. The average Bonchev–Trinajstić information content (AvgIpc) is 2.70. The molecule has 0 aliphatic heterocycles. The molecule has 0 saturated heterocycles. The van der Waals surface area contributed by atoms with Crippen LogP contribution in [-0.4, -0.2) is 32.3 Å². The molecule has 0 fully saturated rings. The summed E-state index contributed by atoms with van der Waals surface area (Å²) < 4.78 is 36.1. The van der Waals surface area contributed by atoms with E-state index in [0.717, 1.165) is 5.56 Å². The van der Waals surface area contributed by atoms with Crippen LogP contribution < -0.4 is 8.92 Å². The lowest BCUT2D eigenvalue weighted by Crippen LogP contribution is -2.11. The molecule has 2 N–H and O–H groups in total. The summed E-state index contributed by atoms with van der Waals surface area (Å²) in [6.45, 7) is 9.03. The predicted molar refractivity (Wildman–Crippen MR) is 116 cm³/mol. The number of phenolic OH excluding ortho intramolecular Hbond substituents is 1. The van der Waals surface area contributed by atoms with E-state index in [1.807, 2.05) is 6.92 Å². The molecular weight excluding hydrogens is 404 g/mol. The highest BCUT2D eigenvalue weighted by Crippen LogP contribution is 2.43. The van der Waals surface area contributed by atoms with Crippen LogP contribution in [0.4, 0.5) is 0 Å². The van der Waals surface area contributed by atoms with Gasteiger partial charge >= 0.3 is 10.1 Å². The number of hydrogen-bond acceptors (Lipinski definition) is 6. The number of aliphatic hydroxyl groups is 1. The summed E-state index contributed by atoms with van der Waals surface area (Å²) >= 11 is 0. The molecule has 0 saturated carbocycles. The van der Waals surface area contributed by atoms with Gasteiger partial charge in [-0.05, 0) is 62.6 Å². The quantitative estimate of drug-likeness (QED) is 0.480. The van der Waals surface area contributed by atoms with Crippen molar-refractivity contribution in [3.63, 3.8) is 0 Å². The minimum absolute atomic E-state index is 0.0208. The maximum atomic E-state index is 12.7. The number of aromatic hydroxyl groups is 1. The molecule has 0 aromatic heterocycles. The minimum Gasteiger partial charge on any atom is -0.504 e. The van der Waals surface area contributed by atoms with E-state index in [9.17, 15) is 13.5 Å². The lowest BCUT2D eigenvalue weighted by atomic mass is 10.00. The Hall–Kier alpha value is -2.99. The molecular formula is C23H26O6S. The van der Waals surface area contributed by atoms with E-state index in [1.54, 1.807) is 32.1 Å². The van der Waals surface area contributed by atoms with Crippen LogP contribution in [0, 0.1) is 13.8 Å². The average molecular weight is 431 g/mol. The number of aliphatic hydroxyl groups excluding tert-OH is 1. The van der Waals surface area contributed by atoms with Crippen LogP contribution in [0.2, 0.25) is 0 Å². The first-order valence-corrected chi connectivity index (χ1v) is 10.6. The number of ether oxygens (including phenoxy) is 1. The fourth-order valence-corrected chi connectivity index (χ4v) is 3.68. The van der Waals surface area contributed by atoms with Gasteiger partial charge in [0.2, 0.25) is 0 Å². The van der Waals surface area contributed by atoms with Crippen LogP contribution in [0.15, 0.2) is 59.2 Å². The third-order valence-electron chi connectivity index (χ3n) is 4.48. The summed E-state index contributed by atoms with van der Waals surface area (Å²) in [5.41, 5.74) is 5.63. The topological polar surface area (TPSA) is 93.1 Å². The third kappa shape index (κ3) is 5.33. The van der Waals surface area contributed by atoms with Gasteiger partial charge in [0.05, 0.1) is 13.7 Å². The van der Waals surface area contributed by atoms with Gasteiger partial charge in [0.1, 0.15) is 10.6 Å². The molecule has 0 aliphatic rings. The molecule has 0 spiro atoms. The zero-order chi connectivity index (χ0) is 22.5. The zero-order valence-electron chi connectivity index (χ0n) is 17.5. The van der Waals surface area contributed by atoms with Gasteiger partial charge in [-0.15, -0.1) is 5.73 Å². The lowest BCUT2D eigenvalue weighted by molar-refractivity contribution is 0.331. The first kappa shape index (κ1) is 23.3. The van der Waals surface area contributed by atoms with Crippen LogP contribution in [0.5, 0.6) is 17.2 Å². The highest BCUT2D eigenvalue weighted by Gasteiger charge is 2.23. The Bertz CT molecular complexity index is 1110. The van der Waals surface area contributed by atoms with Crippen molar-refractivity contribution in [2.24, 2.45) is 0 Å². The number of allylic oxidation sites excluding steroid dienone is 1. The second-order valence-corrected chi connectivity index (χ2v) is 8.42. The molecule has 7 heteroatoms. The number of aryl methyl sites for hydroxylation is 1. The Morgan fingerprint density at radius 2 is 1.87 bits per heavy atom. The summed E-state index contributed by atoms with van der Waals surface area (Å²) in [6.07, 6.45) is 1.99. The Morgan fingerprint density at radius 1 is 1.23 bits per heavy atom. The van der Waals surface area contributed by atoms with Gasteiger partial charge < -0.3 is 19.1 Å². The van der Waals surface area contributed by atoms with Crippen molar-refractivity contribution in [2.75, 3.05) is 13.7 Å². The highest BCUT2D eigenvalue weighted by atomic mass is 32.2. The van der Waals surface area contributed by atoms with Crippen molar-refractivity contribution in [2.45, 2.75) is 32.1 Å². The molecule has 0 atom stereocenters. The van der Waals surface area contributed by atoms with E-state index in [2.05, 4.69) is 12.3 Å². The maximum Gasteiger partial charge on any atom is 0.339 e. The molecule has 0 heterocycles. The first-order chi connectivity index (χ1) is 14.1. The van der Waals surface area contributed by atoms with E-state index in [0.29, 0.717) is 28.7 Å². The third-order valence-corrected chi connectivity index (χ3v) is 5.73. The van der Waals surface area contributed by atoms with Gasteiger partial charge in [-0.2, -0.15) is 8.42 Å². The summed E-state index contributed by atoms with van der Waals surface area (Å²) in [5, 5.41) is 19.6. The van der Waals surface area contributed by atoms with Crippen molar-refractivity contribution >= 4 is 15.7 Å². The Kier molecular flexibility index (Phi) is 7.51. The molecule has 0 aliphatic carbocycles. The lowest BCUT2D eigenvalue weighted by Gasteiger charge is -2.17. The van der Waals surface area contributed by atoms with Crippen molar-refractivity contribution < 1.29 is 27.6 Å². The van der Waals surface area contributed by atoms with Crippen molar-refractivity contribution in [3.8, 4) is 17.2 Å². The Balaban J connectivity index is 2.48. The molecule has 2 aromatic rings. The molecule has 0 unspecified atom stereocenters. The van der Waals surface area contributed by atoms with Crippen molar-refractivity contribution in [1.82, 2.24) is 0 Å². The summed E-state index contributed by atoms with van der Waals surface area (Å²) in [7, 11) is -2.71. The molecule has 0 bridgehead atoms. The highest BCUT2D eigenvalue weighted by molar-refractivity contribution is 7.87. The van der Waals surface area contributed by atoms with E-state index in [4.69, 9.17) is 14.0 Å². The summed E-state index contributed by atoms with van der Waals surface area (Å²) in [6, 6.07) is 7.73. The van der Waals surface area contributed by atoms with E-state index < -0.39 is 10.1 Å². The maximum absolute atomic E-state index is 12.7. The fraction of sp³-hybridized carbons (Fsp3) is 0.261. The molecule has 2 aromatic carbocycles. The number of benzene rings is 2. The largest absolute Gasteiger partial charge is 0.504 e. The number of methoxy groups -OCH3 is 1. The van der Waals surface area contributed by atoms with Gasteiger partial charge in [-0.1, -0.05) is 24.3 Å². The first-order valence-electron chi connectivity index (χ1n) is 9.22. The van der Waals surface area contributed by atoms with Crippen LogP contribution in [0.3, 0.4) is 0 Å². The molecule has 2 rings (SSSR count). The SMILES string of the molecule is C=C(CC=C=C(C)CO)c1cc(OS(=O)(=O)c2ccc(C)cc2)c(C)c(OC)c1O. The second-order valence-electron chi connectivity index (χ2n) is 6.87. The minimum atomic E-state index is -4.08. The monoisotopic (exact) mass is 430 g/mol. The second kappa shape index (κ2) is 9.67. The van der Waals surface area contributed by atoms with Gasteiger partial charge in [0, 0.05) is 11.1 Å². The van der Waals surface area contributed by atoms with Gasteiger partial charge in [0.25, 0.3) is 0 Å². The smallest absolute Gasteiger partial charge is 0.339 e. The molecule has 160 valence electrons.